The van der Waals surface area contributed by atoms with E-state index in [1.54, 1.807) is 12.1 Å². The van der Waals surface area contributed by atoms with Gasteiger partial charge in [-0.3, -0.25) is 0 Å². The van der Waals surface area contributed by atoms with Crippen LogP contribution in [0.1, 0.15) is 51.5 Å². The van der Waals surface area contributed by atoms with Crippen molar-refractivity contribution >= 4 is 10.0 Å². The van der Waals surface area contributed by atoms with Gasteiger partial charge in [-0.2, -0.15) is 4.31 Å². The zero-order valence-electron chi connectivity index (χ0n) is 13.7. The van der Waals surface area contributed by atoms with Crippen molar-refractivity contribution in [3.05, 3.63) is 29.8 Å². The molecule has 1 aliphatic carbocycles. The molecule has 1 saturated carbocycles. The van der Waals surface area contributed by atoms with E-state index in [1.807, 2.05) is 26.0 Å². The first-order valence-corrected chi connectivity index (χ1v) is 9.84. The van der Waals surface area contributed by atoms with Gasteiger partial charge in [0.2, 0.25) is 10.0 Å². The Kier molecular flexibility index (Phi) is 6.41. The van der Waals surface area contributed by atoms with Gasteiger partial charge in [-0.15, -0.1) is 0 Å². The Morgan fingerprint density at radius 1 is 1.05 bits per heavy atom. The van der Waals surface area contributed by atoms with Crippen LogP contribution < -0.4 is 5.32 Å². The zero-order valence-corrected chi connectivity index (χ0v) is 14.5. The van der Waals surface area contributed by atoms with Gasteiger partial charge in [0.25, 0.3) is 0 Å². The van der Waals surface area contributed by atoms with E-state index in [2.05, 4.69) is 5.32 Å². The van der Waals surface area contributed by atoms with Gasteiger partial charge in [0, 0.05) is 25.7 Å². The third-order valence-corrected chi connectivity index (χ3v) is 6.53. The molecule has 0 heterocycles. The summed E-state index contributed by atoms with van der Waals surface area (Å²) in [6, 6.07) is 7.92. The van der Waals surface area contributed by atoms with Crippen molar-refractivity contribution in [2.24, 2.45) is 0 Å². The third kappa shape index (κ3) is 4.31. The molecular formula is C17H28N2O2S. The monoisotopic (exact) mass is 324 g/mol. The number of hydrogen-bond acceptors (Lipinski definition) is 3. The summed E-state index contributed by atoms with van der Waals surface area (Å²) in [5.74, 6) is 0. The van der Waals surface area contributed by atoms with Gasteiger partial charge >= 0.3 is 0 Å². The molecule has 1 N–H and O–H groups in total. The van der Waals surface area contributed by atoms with Crippen molar-refractivity contribution in [1.82, 2.24) is 9.62 Å². The number of nitrogens with zero attached hydrogens (tertiary/aromatic N) is 1. The van der Waals surface area contributed by atoms with Crippen LogP contribution in [0.4, 0.5) is 0 Å². The van der Waals surface area contributed by atoms with E-state index in [4.69, 9.17) is 0 Å². The minimum atomic E-state index is -3.34. The Morgan fingerprint density at radius 2 is 1.64 bits per heavy atom. The quantitative estimate of drug-likeness (QED) is 0.838. The molecule has 0 aliphatic heterocycles. The van der Waals surface area contributed by atoms with E-state index >= 15 is 0 Å². The minimum Gasteiger partial charge on any atom is -0.310 e. The molecule has 5 heteroatoms. The van der Waals surface area contributed by atoms with E-state index < -0.39 is 10.0 Å². The van der Waals surface area contributed by atoms with Gasteiger partial charge in [0.05, 0.1) is 4.90 Å². The Labute approximate surface area is 135 Å². The lowest BCUT2D eigenvalue weighted by Gasteiger charge is -2.23. The molecular weight excluding hydrogens is 296 g/mol. The highest BCUT2D eigenvalue weighted by atomic mass is 32.2. The Hall–Kier alpha value is -0.910. The Morgan fingerprint density at radius 3 is 2.18 bits per heavy atom. The first-order chi connectivity index (χ1) is 10.6. The van der Waals surface area contributed by atoms with Crippen molar-refractivity contribution in [2.45, 2.75) is 63.4 Å². The lowest BCUT2D eigenvalue weighted by molar-refractivity contribution is 0.372. The van der Waals surface area contributed by atoms with Crippen LogP contribution in [0.3, 0.4) is 0 Å². The molecule has 1 fully saturated rings. The average molecular weight is 324 g/mol. The molecule has 2 rings (SSSR count). The maximum absolute atomic E-state index is 12.4. The largest absolute Gasteiger partial charge is 0.310 e. The van der Waals surface area contributed by atoms with Crippen molar-refractivity contribution < 1.29 is 8.42 Å². The zero-order chi connectivity index (χ0) is 16.0. The molecule has 124 valence electrons. The van der Waals surface area contributed by atoms with Gasteiger partial charge in [-0.1, -0.05) is 45.2 Å². The molecule has 1 aromatic carbocycles. The van der Waals surface area contributed by atoms with Crippen LogP contribution in [0.25, 0.3) is 0 Å². The topological polar surface area (TPSA) is 49.4 Å². The van der Waals surface area contributed by atoms with Crippen LogP contribution in [0.5, 0.6) is 0 Å². The second kappa shape index (κ2) is 8.09. The Bertz CT molecular complexity index is 545. The normalized spacial score (nSPS) is 17.0. The van der Waals surface area contributed by atoms with Crippen LogP contribution in [-0.2, 0) is 16.6 Å². The van der Waals surface area contributed by atoms with E-state index in [9.17, 15) is 8.42 Å². The smallest absolute Gasteiger partial charge is 0.243 e. The van der Waals surface area contributed by atoms with Gasteiger partial charge < -0.3 is 5.32 Å². The number of nitrogens with one attached hydrogen (secondary N) is 1. The van der Waals surface area contributed by atoms with Gasteiger partial charge in [0.15, 0.2) is 0 Å². The van der Waals surface area contributed by atoms with E-state index in [-0.39, 0.29) is 0 Å². The summed E-state index contributed by atoms with van der Waals surface area (Å²) >= 11 is 0. The van der Waals surface area contributed by atoms with Crippen molar-refractivity contribution in [3.8, 4) is 0 Å². The number of sulfonamides is 1. The van der Waals surface area contributed by atoms with Crippen molar-refractivity contribution in [3.63, 3.8) is 0 Å². The lowest BCUT2D eigenvalue weighted by Crippen LogP contribution is -2.31. The fourth-order valence-electron chi connectivity index (χ4n) is 3.06. The maximum atomic E-state index is 12.4. The minimum absolute atomic E-state index is 0.387. The molecule has 1 aromatic rings. The molecule has 0 unspecified atom stereocenters. The fraction of sp³-hybridized carbons (Fsp3) is 0.647. The first-order valence-electron chi connectivity index (χ1n) is 8.40. The second-order valence-electron chi connectivity index (χ2n) is 5.95. The molecule has 4 nitrogen and oxygen atoms in total. The lowest BCUT2D eigenvalue weighted by atomic mass is 9.95. The molecule has 1 aliphatic rings. The third-order valence-electron chi connectivity index (χ3n) is 4.47. The van der Waals surface area contributed by atoms with E-state index in [1.165, 1.54) is 36.4 Å². The molecule has 0 spiro atoms. The fourth-order valence-corrected chi connectivity index (χ4v) is 4.52. The summed E-state index contributed by atoms with van der Waals surface area (Å²) in [5.41, 5.74) is 1.14. The van der Waals surface area contributed by atoms with Crippen LogP contribution in [0, 0.1) is 0 Å². The van der Waals surface area contributed by atoms with Crippen molar-refractivity contribution in [2.75, 3.05) is 13.1 Å². The number of benzene rings is 1. The Balaban J connectivity index is 1.97. The predicted octanol–water partition coefficient (Wildman–Crippen LogP) is 3.14. The molecule has 0 saturated heterocycles. The summed E-state index contributed by atoms with van der Waals surface area (Å²) in [6.45, 7) is 5.55. The summed E-state index contributed by atoms with van der Waals surface area (Å²) in [6.07, 6.45) is 6.51. The van der Waals surface area contributed by atoms with Gasteiger partial charge in [-0.25, -0.2) is 8.42 Å². The number of hydrogen-bond donors (Lipinski definition) is 1. The summed E-state index contributed by atoms with van der Waals surface area (Å²) < 4.78 is 26.3. The number of rotatable bonds is 7. The summed E-state index contributed by atoms with van der Waals surface area (Å²) in [5, 5.41) is 3.58. The standard InChI is InChI=1S/C17H28N2O2S/c1-3-19(4-2)22(20,21)17-12-10-15(11-13-17)14-18-16-8-6-5-7-9-16/h10-13,16,18H,3-9,14H2,1-2H3. The maximum Gasteiger partial charge on any atom is 0.243 e. The highest BCUT2D eigenvalue weighted by molar-refractivity contribution is 7.89. The molecule has 0 radical (unpaired) electrons. The molecule has 0 atom stereocenters. The van der Waals surface area contributed by atoms with Crippen LogP contribution >= 0.6 is 0 Å². The van der Waals surface area contributed by atoms with Gasteiger partial charge in [0.1, 0.15) is 0 Å². The van der Waals surface area contributed by atoms with Crippen LogP contribution in [0.2, 0.25) is 0 Å². The molecule has 0 bridgehead atoms. The summed E-state index contributed by atoms with van der Waals surface area (Å²) in [4.78, 5) is 0.387. The molecule has 22 heavy (non-hydrogen) atoms. The van der Waals surface area contributed by atoms with Crippen LogP contribution in [-0.4, -0.2) is 31.9 Å². The second-order valence-corrected chi connectivity index (χ2v) is 7.89. The van der Waals surface area contributed by atoms with Crippen LogP contribution in [0.15, 0.2) is 29.2 Å². The molecule has 0 aromatic heterocycles. The van der Waals surface area contributed by atoms with Gasteiger partial charge in [-0.05, 0) is 30.5 Å². The van der Waals surface area contributed by atoms with E-state index in [0.29, 0.717) is 24.0 Å². The van der Waals surface area contributed by atoms with Crippen molar-refractivity contribution in [1.29, 1.82) is 0 Å². The van der Waals surface area contributed by atoms with E-state index in [0.717, 1.165) is 12.1 Å². The molecule has 0 amide bonds. The average Bonchev–Trinajstić information content (AvgIpc) is 2.55. The highest BCUT2D eigenvalue weighted by Crippen LogP contribution is 2.19. The summed E-state index contributed by atoms with van der Waals surface area (Å²) in [7, 11) is -3.34. The highest BCUT2D eigenvalue weighted by Gasteiger charge is 2.21. The first kappa shape index (κ1) is 17.4. The SMILES string of the molecule is CCN(CC)S(=O)(=O)c1ccc(CNC2CCCCC2)cc1. The predicted molar refractivity (Wildman–Crippen MR) is 90.3 cm³/mol.